The number of carbonyl (C=O) groups excluding carboxylic acids is 3. The Labute approximate surface area is 253 Å². The lowest BCUT2D eigenvalue weighted by Gasteiger charge is -2.39. The minimum absolute atomic E-state index is 0.200. The quantitative estimate of drug-likeness (QED) is 0.265. The number of Topliss-reactive ketones (excluding diaryl/α,β-unsaturated/α-hetero) is 2. The molecular weight excluding hydrogens is 560 g/mol. The van der Waals surface area contributed by atoms with Gasteiger partial charge in [0.05, 0.1) is 36.6 Å². The van der Waals surface area contributed by atoms with Crippen LogP contribution in [0.5, 0.6) is 11.5 Å². The lowest BCUT2D eigenvalue weighted by atomic mass is 9.64. The third kappa shape index (κ3) is 3.75. The van der Waals surface area contributed by atoms with E-state index in [1.54, 1.807) is 24.3 Å². The second kappa shape index (κ2) is 9.95. The summed E-state index contributed by atoms with van der Waals surface area (Å²) >= 11 is 1.33. The highest BCUT2D eigenvalue weighted by Crippen LogP contribution is 2.59. The molecule has 8 heteroatoms. The number of para-hydroxylation sites is 1. The highest BCUT2D eigenvalue weighted by molar-refractivity contribution is 7.12. The number of ketones is 2. The first kappa shape index (κ1) is 27.2. The molecule has 7 nitrogen and oxygen atoms in total. The van der Waals surface area contributed by atoms with Gasteiger partial charge >= 0.3 is 0 Å². The number of ether oxygens (including phenoxy) is 2. The van der Waals surface area contributed by atoms with E-state index in [1.165, 1.54) is 25.6 Å². The van der Waals surface area contributed by atoms with Crippen LogP contribution in [0.15, 0.2) is 84.3 Å². The number of hydrogen-bond donors (Lipinski definition) is 1. The molecule has 3 aliphatic rings. The largest absolute Gasteiger partial charge is 0.497 e. The van der Waals surface area contributed by atoms with Crippen molar-refractivity contribution in [2.45, 2.75) is 31.3 Å². The number of amides is 1. The van der Waals surface area contributed by atoms with E-state index < -0.39 is 23.4 Å². The van der Waals surface area contributed by atoms with Crippen molar-refractivity contribution >= 4 is 45.8 Å². The Hall–Kier alpha value is -4.69. The number of allylic oxidation sites excluding steroid dienone is 1. The Morgan fingerprint density at radius 3 is 2.49 bits per heavy atom. The molecule has 7 rings (SSSR count). The number of nitrogens with zero attached hydrogens (tertiary/aromatic N) is 1. The molecule has 0 aliphatic carbocycles. The van der Waals surface area contributed by atoms with Gasteiger partial charge < -0.3 is 19.7 Å². The summed E-state index contributed by atoms with van der Waals surface area (Å²) in [6.45, 7) is 4.06. The fourth-order valence-corrected chi connectivity index (χ4v) is 7.98. The highest BCUT2D eigenvalue weighted by atomic mass is 32.1. The van der Waals surface area contributed by atoms with Crippen LogP contribution >= 0.6 is 11.3 Å². The summed E-state index contributed by atoms with van der Waals surface area (Å²) in [6, 6.07) is 20.7. The summed E-state index contributed by atoms with van der Waals surface area (Å²) in [5, 5.41) is 4.93. The number of hydrogen-bond acceptors (Lipinski definition) is 7. The van der Waals surface area contributed by atoms with Crippen LogP contribution in [0.25, 0.3) is 5.57 Å². The van der Waals surface area contributed by atoms with Crippen molar-refractivity contribution in [2.75, 3.05) is 24.4 Å². The maximum absolute atomic E-state index is 15.2. The fraction of sp³-hybridized carbons (Fsp3) is 0.229. The van der Waals surface area contributed by atoms with E-state index in [0.717, 1.165) is 22.4 Å². The van der Waals surface area contributed by atoms with E-state index in [9.17, 15) is 9.59 Å². The Morgan fingerprint density at radius 2 is 1.74 bits per heavy atom. The van der Waals surface area contributed by atoms with E-state index in [2.05, 4.69) is 17.5 Å². The number of benzene rings is 3. The van der Waals surface area contributed by atoms with Gasteiger partial charge in [-0.15, -0.1) is 11.3 Å². The predicted molar refractivity (Wildman–Crippen MR) is 168 cm³/mol. The van der Waals surface area contributed by atoms with Gasteiger partial charge in [0.2, 0.25) is 5.91 Å². The molecule has 1 fully saturated rings. The molecule has 4 heterocycles. The first-order valence-corrected chi connectivity index (χ1v) is 15.0. The number of carbonyl (C=O) groups is 3. The molecule has 1 aromatic heterocycles. The van der Waals surface area contributed by atoms with Crippen molar-refractivity contribution in [3.05, 3.63) is 111 Å². The number of nitrogens with one attached hydrogen (secondary N) is 1. The Balaban J connectivity index is 1.57. The molecule has 4 atom stereocenters. The summed E-state index contributed by atoms with van der Waals surface area (Å²) in [4.78, 5) is 47.0. The zero-order valence-electron chi connectivity index (χ0n) is 24.2. The van der Waals surface area contributed by atoms with Crippen molar-refractivity contribution in [1.29, 1.82) is 0 Å². The number of fused-ring (bicyclic) bond motifs is 6. The third-order valence-corrected chi connectivity index (χ3v) is 10.0. The van der Waals surface area contributed by atoms with Crippen LogP contribution in [0, 0.1) is 12.8 Å². The second-order valence-electron chi connectivity index (χ2n) is 11.3. The lowest BCUT2D eigenvalue weighted by Crippen LogP contribution is -2.51. The van der Waals surface area contributed by atoms with E-state index in [0.29, 0.717) is 27.6 Å². The van der Waals surface area contributed by atoms with Crippen LogP contribution in [0.4, 0.5) is 11.4 Å². The SMILES string of the molecule is COc1ccc(OC)c(C(=O)[C@@H]2[C@H](C(=O)c3cccs3)N3c4ccc(C)cc4C(C)=C[C@@H]3[C@]23C(=O)Nc2ccccc23)c1. The van der Waals surface area contributed by atoms with Crippen LogP contribution in [-0.4, -0.2) is 43.8 Å². The van der Waals surface area contributed by atoms with Gasteiger partial charge in [-0.3, -0.25) is 14.4 Å². The summed E-state index contributed by atoms with van der Waals surface area (Å²) < 4.78 is 11.1. The van der Waals surface area contributed by atoms with Crippen LogP contribution in [0.1, 0.15) is 43.6 Å². The number of methoxy groups -OCH3 is 2. The van der Waals surface area contributed by atoms with Crippen LogP contribution in [-0.2, 0) is 10.2 Å². The van der Waals surface area contributed by atoms with Gasteiger partial charge in [0.1, 0.15) is 23.0 Å². The maximum atomic E-state index is 15.2. The van der Waals surface area contributed by atoms with Crippen molar-refractivity contribution in [3.63, 3.8) is 0 Å². The zero-order chi connectivity index (χ0) is 30.0. The second-order valence-corrected chi connectivity index (χ2v) is 12.2. The van der Waals surface area contributed by atoms with E-state index in [4.69, 9.17) is 9.47 Å². The van der Waals surface area contributed by atoms with Gasteiger partial charge in [0.15, 0.2) is 11.6 Å². The average Bonchev–Trinajstić information content (AvgIpc) is 3.73. The Morgan fingerprint density at radius 1 is 0.930 bits per heavy atom. The van der Waals surface area contributed by atoms with Gasteiger partial charge in [0, 0.05) is 16.9 Å². The summed E-state index contributed by atoms with van der Waals surface area (Å²) in [6.07, 6.45) is 2.06. The number of anilines is 2. The van der Waals surface area contributed by atoms with Crippen LogP contribution in [0.2, 0.25) is 0 Å². The molecule has 3 aliphatic heterocycles. The van der Waals surface area contributed by atoms with Crippen LogP contribution < -0.4 is 19.7 Å². The standard InChI is InChI=1S/C35H30N2O5S/c1-19-11-13-26-22(16-19)20(2)17-29-35(24-8-5-6-9-25(24)36-34(35)40)30(31(37(26)29)33(39)28-10-7-15-43-28)32(38)23-18-21(41-3)12-14-27(23)42-4/h5-18,29-31H,1-4H3,(H,36,40)/t29-,30+,31-,35+/m1/s1. The Kier molecular flexibility index (Phi) is 6.29. The molecular formula is C35H30N2O5S. The Bertz CT molecular complexity index is 1840. The van der Waals surface area contributed by atoms with Crippen molar-refractivity contribution in [1.82, 2.24) is 0 Å². The first-order valence-electron chi connectivity index (χ1n) is 14.1. The molecule has 1 amide bonds. The summed E-state index contributed by atoms with van der Waals surface area (Å²) in [5.74, 6) is -1.12. The molecule has 216 valence electrons. The third-order valence-electron chi connectivity index (χ3n) is 9.12. The summed E-state index contributed by atoms with van der Waals surface area (Å²) in [5.41, 5.74) is 4.09. The number of aryl methyl sites for hydroxylation is 1. The normalized spacial score (nSPS) is 23.3. The maximum Gasteiger partial charge on any atom is 0.238 e. The van der Waals surface area contributed by atoms with Gasteiger partial charge in [0.25, 0.3) is 0 Å². The molecule has 1 N–H and O–H groups in total. The van der Waals surface area contributed by atoms with Crippen molar-refractivity contribution < 1.29 is 23.9 Å². The molecule has 1 saturated heterocycles. The zero-order valence-corrected chi connectivity index (χ0v) is 25.0. The minimum atomic E-state index is -1.40. The number of rotatable bonds is 6. The minimum Gasteiger partial charge on any atom is -0.497 e. The van der Waals surface area contributed by atoms with Gasteiger partial charge in [-0.05, 0) is 72.8 Å². The molecule has 0 unspecified atom stereocenters. The van der Waals surface area contributed by atoms with E-state index in [1.807, 2.05) is 66.6 Å². The molecule has 0 bridgehead atoms. The van der Waals surface area contributed by atoms with Crippen molar-refractivity contribution in [2.24, 2.45) is 5.92 Å². The summed E-state index contributed by atoms with van der Waals surface area (Å²) in [7, 11) is 3.03. The van der Waals surface area contributed by atoms with Gasteiger partial charge in [-0.2, -0.15) is 0 Å². The molecule has 1 spiro atoms. The molecule has 43 heavy (non-hydrogen) atoms. The highest BCUT2D eigenvalue weighted by Gasteiger charge is 2.70. The fourth-order valence-electron chi connectivity index (χ4n) is 7.28. The smallest absolute Gasteiger partial charge is 0.238 e. The number of thiophene rings is 1. The molecule has 0 radical (unpaired) electrons. The van der Waals surface area contributed by atoms with Gasteiger partial charge in [-0.25, -0.2) is 0 Å². The van der Waals surface area contributed by atoms with E-state index in [-0.39, 0.29) is 23.0 Å². The topological polar surface area (TPSA) is 84.9 Å². The molecule has 3 aromatic carbocycles. The average molecular weight is 591 g/mol. The predicted octanol–water partition coefficient (Wildman–Crippen LogP) is 6.32. The molecule has 4 aromatic rings. The molecule has 0 saturated carbocycles. The van der Waals surface area contributed by atoms with Gasteiger partial charge in [-0.1, -0.05) is 42.0 Å². The first-order chi connectivity index (χ1) is 20.8. The monoisotopic (exact) mass is 590 g/mol. The van der Waals surface area contributed by atoms with Crippen LogP contribution in [0.3, 0.4) is 0 Å². The van der Waals surface area contributed by atoms with Crippen molar-refractivity contribution in [3.8, 4) is 11.5 Å². The lowest BCUT2D eigenvalue weighted by molar-refractivity contribution is -0.121. The van der Waals surface area contributed by atoms with E-state index >= 15 is 4.79 Å².